The first-order chi connectivity index (χ1) is 12.8. The SMILES string of the molecule is CC(C)C[C@H](C(=O)O[C@@H](C)C(=O)NC1CC1)N1C(=O)c2ccccc2C1=O. The molecule has 7 nitrogen and oxygen atoms in total. The second-order valence-corrected chi connectivity index (χ2v) is 7.53. The lowest BCUT2D eigenvalue weighted by atomic mass is 10.0. The van der Waals surface area contributed by atoms with Crippen molar-refractivity contribution in [3.8, 4) is 0 Å². The molecule has 3 rings (SSSR count). The van der Waals surface area contributed by atoms with Gasteiger partial charge in [-0.05, 0) is 44.2 Å². The molecular weight excluding hydrogens is 348 g/mol. The van der Waals surface area contributed by atoms with Crippen LogP contribution in [0.4, 0.5) is 0 Å². The zero-order chi connectivity index (χ0) is 19.7. The van der Waals surface area contributed by atoms with Gasteiger partial charge in [-0.1, -0.05) is 26.0 Å². The van der Waals surface area contributed by atoms with Gasteiger partial charge in [0.1, 0.15) is 6.04 Å². The summed E-state index contributed by atoms with van der Waals surface area (Å²) < 4.78 is 5.31. The van der Waals surface area contributed by atoms with Crippen LogP contribution in [0.2, 0.25) is 0 Å². The maximum atomic E-state index is 12.8. The molecule has 3 amide bonds. The van der Waals surface area contributed by atoms with E-state index < -0.39 is 29.9 Å². The standard InChI is InChI=1S/C20H24N2O5/c1-11(2)10-16(20(26)27-12(3)17(23)21-13-8-9-13)22-18(24)14-6-4-5-7-15(14)19(22)25/h4-7,11-13,16H,8-10H2,1-3H3,(H,21,23)/t12-,16+/m0/s1. The lowest BCUT2D eigenvalue weighted by molar-refractivity contribution is -0.159. The Morgan fingerprint density at radius 1 is 1.11 bits per heavy atom. The highest BCUT2D eigenvalue weighted by atomic mass is 16.5. The minimum absolute atomic E-state index is 0.0439. The quantitative estimate of drug-likeness (QED) is 0.583. The van der Waals surface area contributed by atoms with E-state index in [2.05, 4.69) is 5.32 Å². The van der Waals surface area contributed by atoms with Gasteiger partial charge in [-0.2, -0.15) is 0 Å². The molecule has 27 heavy (non-hydrogen) atoms. The van der Waals surface area contributed by atoms with Gasteiger partial charge in [0.05, 0.1) is 11.1 Å². The van der Waals surface area contributed by atoms with Crippen LogP contribution >= 0.6 is 0 Å². The summed E-state index contributed by atoms with van der Waals surface area (Å²) in [5.41, 5.74) is 0.562. The summed E-state index contributed by atoms with van der Waals surface area (Å²) >= 11 is 0. The number of hydrogen-bond donors (Lipinski definition) is 1. The van der Waals surface area contributed by atoms with E-state index in [1.807, 2.05) is 13.8 Å². The van der Waals surface area contributed by atoms with Crippen molar-refractivity contribution in [2.24, 2.45) is 5.92 Å². The first-order valence-electron chi connectivity index (χ1n) is 9.27. The van der Waals surface area contributed by atoms with E-state index in [0.29, 0.717) is 0 Å². The third-order valence-corrected chi connectivity index (χ3v) is 4.69. The molecule has 0 saturated heterocycles. The number of benzene rings is 1. The van der Waals surface area contributed by atoms with E-state index in [4.69, 9.17) is 4.74 Å². The number of imide groups is 1. The van der Waals surface area contributed by atoms with Gasteiger partial charge >= 0.3 is 5.97 Å². The molecule has 0 bridgehead atoms. The lowest BCUT2D eigenvalue weighted by Crippen LogP contribution is -2.48. The minimum Gasteiger partial charge on any atom is -0.451 e. The molecule has 7 heteroatoms. The average molecular weight is 372 g/mol. The molecule has 1 aliphatic heterocycles. The van der Waals surface area contributed by atoms with Crippen LogP contribution in [0.25, 0.3) is 0 Å². The summed E-state index contributed by atoms with van der Waals surface area (Å²) in [7, 11) is 0. The van der Waals surface area contributed by atoms with Gasteiger partial charge in [0.15, 0.2) is 6.10 Å². The molecule has 1 N–H and O–H groups in total. The molecular formula is C20H24N2O5. The summed E-state index contributed by atoms with van der Waals surface area (Å²) in [5.74, 6) is -2.07. The highest BCUT2D eigenvalue weighted by Gasteiger charge is 2.44. The summed E-state index contributed by atoms with van der Waals surface area (Å²) in [4.78, 5) is 51.3. The van der Waals surface area contributed by atoms with Crippen LogP contribution in [0.5, 0.6) is 0 Å². The van der Waals surface area contributed by atoms with E-state index in [1.165, 1.54) is 6.92 Å². The Kier molecular flexibility index (Phi) is 5.30. The number of nitrogens with one attached hydrogen (secondary N) is 1. The Morgan fingerprint density at radius 3 is 2.15 bits per heavy atom. The summed E-state index contributed by atoms with van der Waals surface area (Å²) in [6, 6.07) is 5.58. The van der Waals surface area contributed by atoms with Crippen LogP contribution < -0.4 is 5.32 Å². The number of carbonyl (C=O) groups excluding carboxylic acids is 4. The van der Waals surface area contributed by atoms with Crippen molar-refractivity contribution in [2.75, 3.05) is 0 Å². The van der Waals surface area contributed by atoms with E-state index in [9.17, 15) is 19.2 Å². The minimum atomic E-state index is -1.06. The van der Waals surface area contributed by atoms with Crippen LogP contribution in [0.1, 0.15) is 60.7 Å². The molecule has 0 radical (unpaired) electrons. The first kappa shape index (κ1) is 19.1. The Hall–Kier alpha value is -2.70. The zero-order valence-electron chi connectivity index (χ0n) is 15.7. The molecule has 0 aromatic heterocycles. The second-order valence-electron chi connectivity index (χ2n) is 7.53. The lowest BCUT2D eigenvalue weighted by Gasteiger charge is -2.27. The molecule has 1 saturated carbocycles. The van der Waals surface area contributed by atoms with Gasteiger partial charge in [0.25, 0.3) is 17.7 Å². The first-order valence-corrected chi connectivity index (χ1v) is 9.27. The van der Waals surface area contributed by atoms with Crippen LogP contribution in [0, 0.1) is 5.92 Å². The van der Waals surface area contributed by atoms with Gasteiger partial charge in [-0.15, -0.1) is 0 Å². The molecule has 0 spiro atoms. The number of esters is 1. The number of fused-ring (bicyclic) bond motifs is 1. The van der Waals surface area contributed by atoms with Crippen molar-refractivity contribution in [1.29, 1.82) is 0 Å². The molecule has 1 aromatic carbocycles. The fourth-order valence-corrected chi connectivity index (χ4v) is 3.10. The summed E-state index contributed by atoms with van der Waals surface area (Å²) in [6.07, 6.45) is 1.14. The molecule has 144 valence electrons. The Bertz CT molecular complexity index is 749. The van der Waals surface area contributed by atoms with Crippen LogP contribution in [0.15, 0.2) is 24.3 Å². The maximum Gasteiger partial charge on any atom is 0.330 e. The number of nitrogens with zero attached hydrogens (tertiary/aromatic N) is 1. The Balaban J connectivity index is 1.77. The highest BCUT2D eigenvalue weighted by Crippen LogP contribution is 2.27. The predicted octanol–water partition coefficient (Wildman–Crippen LogP) is 1.91. The van der Waals surface area contributed by atoms with E-state index in [-0.39, 0.29) is 35.4 Å². The second kappa shape index (κ2) is 7.50. The molecule has 1 heterocycles. The number of hydrogen-bond acceptors (Lipinski definition) is 5. The van der Waals surface area contributed by atoms with Gasteiger partial charge in [-0.25, -0.2) is 4.79 Å². The molecule has 1 aromatic rings. The maximum absolute atomic E-state index is 12.8. The van der Waals surface area contributed by atoms with E-state index in [0.717, 1.165) is 17.7 Å². The normalized spacial score (nSPS) is 18.3. The number of rotatable bonds is 7. The van der Waals surface area contributed by atoms with Crippen LogP contribution in [-0.4, -0.2) is 46.8 Å². The molecule has 1 aliphatic carbocycles. The van der Waals surface area contributed by atoms with E-state index >= 15 is 0 Å². The summed E-state index contributed by atoms with van der Waals surface area (Å²) in [5, 5.41) is 2.78. The fourth-order valence-electron chi connectivity index (χ4n) is 3.10. The number of ether oxygens (including phenoxy) is 1. The molecule has 1 fully saturated rings. The third kappa shape index (κ3) is 4.02. The van der Waals surface area contributed by atoms with Gasteiger partial charge < -0.3 is 10.1 Å². The van der Waals surface area contributed by atoms with Gasteiger partial charge in [0, 0.05) is 6.04 Å². The van der Waals surface area contributed by atoms with Crippen molar-refractivity contribution in [3.05, 3.63) is 35.4 Å². The third-order valence-electron chi connectivity index (χ3n) is 4.69. The fraction of sp³-hybridized carbons (Fsp3) is 0.500. The molecule has 0 unspecified atom stereocenters. The zero-order valence-corrected chi connectivity index (χ0v) is 15.7. The van der Waals surface area contributed by atoms with E-state index in [1.54, 1.807) is 24.3 Å². The van der Waals surface area contributed by atoms with Crippen LogP contribution in [0.3, 0.4) is 0 Å². The highest BCUT2D eigenvalue weighted by molar-refractivity contribution is 6.22. The largest absolute Gasteiger partial charge is 0.451 e. The topological polar surface area (TPSA) is 92.8 Å². The monoisotopic (exact) mass is 372 g/mol. The summed E-state index contributed by atoms with van der Waals surface area (Å²) in [6.45, 7) is 5.27. The number of carbonyl (C=O) groups is 4. The van der Waals surface area contributed by atoms with Crippen LogP contribution in [-0.2, 0) is 14.3 Å². The Morgan fingerprint density at radius 2 is 1.67 bits per heavy atom. The van der Waals surface area contributed by atoms with Gasteiger partial charge in [-0.3, -0.25) is 19.3 Å². The number of amides is 3. The van der Waals surface area contributed by atoms with Crippen molar-refractivity contribution in [3.63, 3.8) is 0 Å². The molecule has 2 atom stereocenters. The van der Waals surface area contributed by atoms with Crippen molar-refractivity contribution >= 4 is 23.7 Å². The van der Waals surface area contributed by atoms with Crippen molar-refractivity contribution < 1.29 is 23.9 Å². The Labute approximate surface area is 158 Å². The van der Waals surface area contributed by atoms with Crippen molar-refractivity contribution in [2.45, 2.75) is 58.2 Å². The predicted molar refractivity (Wildman–Crippen MR) is 96.9 cm³/mol. The smallest absolute Gasteiger partial charge is 0.330 e. The molecule has 2 aliphatic rings. The average Bonchev–Trinajstić information content (AvgIpc) is 3.40. The van der Waals surface area contributed by atoms with Gasteiger partial charge in [0.2, 0.25) is 0 Å². The van der Waals surface area contributed by atoms with Crippen molar-refractivity contribution in [1.82, 2.24) is 10.2 Å².